The Morgan fingerprint density at radius 1 is 1.53 bits per heavy atom. The number of hydrogen-bond acceptors (Lipinski definition) is 3. The first-order chi connectivity index (χ1) is 7.11. The molecule has 4 heteroatoms. The number of carbonyl (C=O) groups is 1. The third-order valence-electron chi connectivity index (χ3n) is 1.34. The number of carboxylic acids is 1. The van der Waals surface area contributed by atoms with Crippen molar-refractivity contribution < 1.29 is 19.7 Å². The van der Waals surface area contributed by atoms with E-state index in [4.69, 9.17) is 14.9 Å². The second kappa shape index (κ2) is 7.44. The Labute approximate surface area is 88.4 Å². The van der Waals surface area contributed by atoms with Crippen LogP contribution in [0.25, 0.3) is 0 Å². The highest BCUT2D eigenvalue weighted by atomic mass is 16.5. The number of rotatable bonds is 3. The summed E-state index contributed by atoms with van der Waals surface area (Å²) in [5, 5.41) is 16.7. The minimum atomic E-state index is -0.981. The van der Waals surface area contributed by atoms with Crippen molar-refractivity contribution in [2.45, 2.75) is 6.92 Å². The van der Waals surface area contributed by atoms with Gasteiger partial charge in [-0.1, -0.05) is 18.7 Å². The summed E-state index contributed by atoms with van der Waals surface area (Å²) in [6, 6.07) is 6.92. The number of aliphatic carboxylic acids is 1. The van der Waals surface area contributed by atoms with Crippen LogP contribution >= 0.6 is 0 Å². The van der Waals surface area contributed by atoms with Gasteiger partial charge in [-0.3, -0.25) is 0 Å². The zero-order valence-corrected chi connectivity index (χ0v) is 8.51. The molecule has 1 aromatic carbocycles. The Kier molecular flexibility index (Phi) is 6.46. The second-order valence-electron chi connectivity index (χ2n) is 2.44. The summed E-state index contributed by atoms with van der Waals surface area (Å²) in [5.74, 6) is -0.237. The fourth-order valence-corrected chi connectivity index (χ4v) is 0.735. The van der Waals surface area contributed by atoms with Crippen molar-refractivity contribution in [1.29, 1.82) is 0 Å². The van der Waals surface area contributed by atoms with Gasteiger partial charge in [0.15, 0.2) is 11.5 Å². The van der Waals surface area contributed by atoms with Crippen molar-refractivity contribution in [2.24, 2.45) is 0 Å². The number of phenols is 1. The third-order valence-corrected chi connectivity index (χ3v) is 1.34. The van der Waals surface area contributed by atoms with Crippen LogP contribution < -0.4 is 4.74 Å². The molecular weight excluding hydrogens is 196 g/mol. The first-order valence-electron chi connectivity index (χ1n) is 4.38. The summed E-state index contributed by atoms with van der Waals surface area (Å²) in [4.78, 5) is 9.25. The Hall–Kier alpha value is -1.97. The van der Waals surface area contributed by atoms with Crippen LogP contribution in [0.1, 0.15) is 6.92 Å². The third kappa shape index (κ3) is 6.15. The Balaban J connectivity index is 0.000000336. The fraction of sp³-hybridized carbons (Fsp3) is 0.182. The molecule has 15 heavy (non-hydrogen) atoms. The van der Waals surface area contributed by atoms with Crippen molar-refractivity contribution in [3.63, 3.8) is 0 Å². The Morgan fingerprint density at radius 3 is 2.47 bits per heavy atom. The molecule has 0 radical (unpaired) electrons. The van der Waals surface area contributed by atoms with Gasteiger partial charge < -0.3 is 14.9 Å². The zero-order chi connectivity index (χ0) is 11.7. The van der Waals surface area contributed by atoms with Gasteiger partial charge in [-0.15, -0.1) is 0 Å². The summed E-state index contributed by atoms with van der Waals surface area (Å²) in [6.07, 6.45) is 0.833. The number of ether oxygens (including phenoxy) is 1. The molecule has 1 rings (SSSR count). The molecule has 0 spiro atoms. The van der Waals surface area contributed by atoms with Crippen LogP contribution in [-0.2, 0) is 4.79 Å². The quantitative estimate of drug-likeness (QED) is 0.749. The van der Waals surface area contributed by atoms with Crippen LogP contribution in [0.5, 0.6) is 11.5 Å². The van der Waals surface area contributed by atoms with Gasteiger partial charge >= 0.3 is 5.97 Å². The van der Waals surface area contributed by atoms with Crippen LogP contribution in [0.4, 0.5) is 0 Å². The summed E-state index contributed by atoms with van der Waals surface area (Å²) in [6.45, 7) is 5.42. The molecule has 0 aliphatic heterocycles. The number of hydrogen-bond donors (Lipinski definition) is 2. The lowest BCUT2D eigenvalue weighted by Crippen LogP contribution is -1.90. The fourth-order valence-electron chi connectivity index (χ4n) is 0.735. The van der Waals surface area contributed by atoms with Crippen molar-refractivity contribution in [3.05, 3.63) is 36.9 Å². The Morgan fingerprint density at radius 2 is 2.07 bits per heavy atom. The Bertz CT molecular complexity index is 320. The maximum Gasteiger partial charge on any atom is 0.327 e. The average Bonchev–Trinajstić information content (AvgIpc) is 2.23. The van der Waals surface area contributed by atoms with E-state index in [9.17, 15) is 4.79 Å². The number of aromatic hydroxyl groups is 1. The van der Waals surface area contributed by atoms with E-state index in [0.29, 0.717) is 12.4 Å². The van der Waals surface area contributed by atoms with Crippen LogP contribution in [0.15, 0.2) is 36.9 Å². The summed E-state index contributed by atoms with van der Waals surface area (Å²) < 4.78 is 5.09. The van der Waals surface area contributed by atoms with Gasteiger partial charge in [0.2, 0.25) is 0 Å². The van der Waals surface area contributed by atoms with Gasteiger partial charge in [-0.2, -0.15) is 0 Å². The average molecular weight is 210 g/mol. The molecule has 0 bridgehead atoms. The normalized spacial score (nSPS) is 8.33. The maximum atomic E-state index is 9.25. The first kappa shape index (κ1) is 13.0. The van der Waals surface area contributed by atoms with Crippen molar-refractivity contribution in [2.75, 3.05) is 6.61 Å². The van der Waals surface area contributed by atoms with E-state index < -0.39 is 5.97 Å². The number of phenolic OH excluding ortho intramolecular Hbond substituents is 1. The molecule has 0 unspecified atom stereocenters. The molecule has 1 aromatic rings. The first-order valence-corrected chi connectivity index (χ1v) is 4.38. The summed E-state index contributed by atoms with van der Waals surface area (Å²) in [5.41, 5.74) is 0. The van der Waals surface area contributed by atoms with E-state index in [2.05, 4.69) is 6.58 Å². The van der Waals surface area contributed by atoms with Crippen LogP contribution in [0.3, 0.4) is 0 Å². The van der Waals surface area contributed by atoms with E-state index in [0.717, 1.165) is 6.08 Å². The number of para-hydroxylation sites is 2. The van der Waals surface area contributed by atoms with Gasteiger partial charge in [-0.25, -0.2) is 4.79 Å². The topological polar surface area (TPSA) is 66.8 Å². The predicted molar refractivity (Wildman–Crippen MR) is 57.1 cm³/mol. The molecule has 0 fully saturated rings. The SMILES string of the molecule is C=CC(=O)O.CCOc1ccccc1O. The van der Waals surface area contributed by atoms with E-state index in [1.165, 1.54) is 0 Å². The van der Waals surface area contributed by atoms with E-state index in [1.807, 2.05) is 13.0 Å². The highest BCUT2D eigenvalue weighted by Crippen LogP contribution is 2.23. The zero-order valence-electron chi connectivity index (χ0n) is 8.51. The van der Waals surface area contributed by atoms with Crippen LogP contribution in [-0.4, -0.2) is 22.8 Å². The smallest absolute Gasteiger partial charge is 0.327 e. The molecular formula is C11H14O4. The lowest BCUT2D eigenvalue weighted by Gasteiger charge is -2.02. The highest BCUT2D eigenvalue weighted by molar-refractivity contribution is 5.78. The molecule has 0 aliphatic rings. The van der Waals surface area contributed by atoms with Crippen molar-refractivity contribution >= 4 is 5.97 Å². The molecule has 0 atom stereocenters. The molecule has 0 amide bonds. The monoisotopic (exact) mass is 210 g/mol. The van der Waals surface area contributed by atoms with Gasteiger partial charge in [0, 0.05) is 6.08 Å². The molecule has 0 aromatic heterocycles. The largest absolute Gasteiger partial charge is 0.504 e. The maximum absolute atomic E-state index is 9.25. The van der Waals surface area contributed by atoms with Crippen LogP contribution in [0.2, 0.25) is 0 Å². The van der Waals surface area contributed by atoms with E-state index >= 15 is 0 Å². The number of carboxylic acid groups (broad SMARTS) is 1. The molecule has 82 valence electrons. The summed E-state index contributed by atoms with van der Waals surface area (Å²) >= 11 is 0. The highest BCUT2D eigenvalue weighted by Gasteiger charge is 1.96. The minimum Gasteiger partial charge on any atom is -0.504 e. The van der Waals surface area contributed by atoms with Gasteiger partial charge in [-0.05, 0) is 19.1 Å². The van der Waals surface area contributed by atoms with E-state index in [1.54, 1.807) is 18.2 Å². The lowest BCUT2D eigenvalue weighted by atomic mass is 10.3. The van der Waals surface area contributed by atoms with Crippen molar-refractivity contribution in [3.8, 4) is 11.5 Å². The molecule has 4 nitrogen and oxygen atoms in total. The lowest BCUT2D eigenvalue weighted by molar-refractivity contribution is -0.131. The van der Waals surface area contributed by atoms with Crippen LogP contribution in [0, 0.1) is 0 Å². The van der Waals surface area contributed by atoms with Crippen molar-refractivity contribution in [1.82, 2.24) is 0 Å². The van der Waals surface area contributed by atoms with Gasteiger partial charge in [0.05, 0.1) is 6.61 Å². The minimum absolute atomic E-state index is 0.198. The molecule has 0 saturated carbocycles. The molecule has 0 aliphatic carbocycles. The van der Waals surface area contributed by atoms with Gasteiger partial charge in [0.1, 0.15) is 0 Å². The number of benzene rings is 1. The summed E-state index contributed by atoms with van der Waals surface area (Å²) in [7, 11) is 0. The van der Waals surface area contributed by atoms with E-state index in [-0.39, 0.29) is 5.75 Å². The molecule has 0 saturated heterocycles. The predicted octanol–water partition coefficient (Wildman–Crippen LogP) is 2.05. The van der Waals surface area contributed by atoms with Gasteiger partial charge in [0.25, 0.3) is 0 Å². The standard InChI is InChI=1S/C8H10O2.C3H4O2/c1-2-10-8-6-4-3-5-7(8)9;1-2-3(4)5/h3-6,9H,2H2,1H3;2H,1H2,(H,4,5). The molecule has 0 heterocycles. The molecule has 2 N–H and O–H groups in total. The second-order valence-corrected chi connectivity index (χ2v) is 2.44.